The van der Waals surface area contributed by atoms with Crippen LogP contribution >= 0.6 is 0 Å². The van der Waals surface area contributed by atoms with Crippen LogP contribution in [-0.2, 0) is 9.47 Å². The monoisotopic (exact) mass is 345 g/mol. The zero-order chi connectivity index (χ0) is 18.7. The predicted molar refractivity (Wildman–Crippen MR) is 88.9 cm³/mol. The highest BCUT2D eigenvalue weighted by molar-refractivity contribution is 6.04. The Hall–Kier alpha value is -3.09. The molecule has 0 aliphatic heterocycles. The summed E-state index contributed by atoms with van der Waals surface area (Å²) in [6.07, 6.45) is -1.07. The molecule has 1 unspecified atom stereocenters. The van der Waals surface area contributed by atoms with Crippen molar-refractivity contribution in [1.29, 1.82) is 0 Å². The number of rotatable bonds is 5. The number of methoxy groups -OCH3 is 1. The summed E-state index contributed by atoms with van der Waals surface area (Å²) in [5.41, 5.74) is 1.55. The summed E-state index contributed by atoms with van der Waals surface area (Å²) in [7, 11) is 1.26. The third kappa shape index (κ3) is 3.71. The second-order valence-corrected chi connectivity index (χ2v) is 5.58. The van der Waals surface area contributed by atoms with Crippen LogP contribution in [0, 0.1) is 13.8 Å². The lowest BCUT2D eigenvalue weighted by atomic mass is 10.1. The molecule has 0 fully saturated rings. The molecule has 132 valence electrons. The molecule has 0 radical (unpaired) electrons. The molecule has 7 nitrogen and oxygen atoms in total. The first kappa shape index (κ1) is 18.3. The Morgan fingerprint density at radius 3 is 2.44 bits per heavy atom. The fourth-order valence-electron chi connectivity index (χ4n) is 2.52. The number of phenols is 1. The molecule has 0 amide bonds. The number of aromatic amines is 1. The Labute approximate surface area is 144 Å². The first-order valence-corrected chi connectivity index (χ1v) is 7.58. The molecule has 1 aromatic heterocycles. The molecule has 2 rings (SSSR count). The van der Waals surface area contributed by atoms with Gasteiger partial charge in [-0.3, -0.25) is 4.79 Å². The third-order valence-corrected chi connectivity index (χ3v) is 3.81. The van der Waals surface area contributed by atoms with Crippen molar-refractivity contribution in [2.45, 2.75) is 26.9 Å². The molecule has 1 heterocycles. The highest BCUT2D eigenvalue weighted by Crippen LogP contribution is 2.21. The summed E-state index contributed by atoms with van der Waals surface area (Å²) >= 11 is 0. The SMILES string of the molecule is COC(=O)c1c(C)[nH]c(C(=O)C(C)OC(=O)c2cccc(O)c2)c1C. The summed E-state index contributed by atoms with van der Waals surface area (Å²) in [5, 5.41) is 9.40. The Bertz CT molecular complexity index is 836. The van der Waals surface area contributed by atoms with E-state index >= 15 is 0 Å². The van der Waals surface area contributed by atoms with E-state index in [1.54, 1.807) is 13.8 Å². The number of carbonyl (C=O) groups is 3. The van der Waals surface area contributed by atoms with Gasteiger partial charge in [0.2, 0.25) is 5.78 Å². The molecule has 0 spiro atoms. The highest BCUT2D eigenvalue weighted by Gasteiger charge is 2.27. The molecule has 1 atom stereocenters. The Kier molecular flexibility index (Phi) is 5.26. The van der Waals surface area contributed by atoms with E-state index in [0.29, 0.717) is 11.3 Å². The van der Waals surface area contributed by atoms with Gasteiger partial charge in [-0.1, -0.05) is 6.07 Å². The summed E-state index contributed by atoms with van der Waals surface area (Å²) in [6.45, 7) is 4.71. The summed E-state index contributed by atoms with van der Waals surface area (Å²) in [4.78, 5) is 39.3. The quantitative estimate of drug-likeness (QED) is 0.637. The first-order chi connectivity index (χ1) is 11.8. The van der Waals surface area contributed by atoms with Crippen LogP contribution in [0.15, 0.2) is 24.3 Å². The van der Waals surface area contributed by atoms with E-state index in [4.69, 9.17) is 9.47 Å². The van der Waals surface area contributed by atoms with Crippen molar-refractivity contribution in [2.75, 3.05) is 7.11 Å². The van der Waals surface area contributed by atoms with E-state index in [-0.39, 0.29) is 22.6 Å². The Balaban J connectivity index is 2.20. The molecular weight excluding hydrogens is 326 g/mol. The van der Waals surface area contributed by atoms with Crippen LogP contribution in [0.25, 0.3) is 0 Å². The minimum absolute atomic E-state index is 0.0769. The number of Topliss-reactive ketones (excluding diaryl/α,β-unsaturated/α-hetero) is 1. The lowest BCUT2D eigenvalue weighted by Gasteiger charge is -2.12. The number of phenolic OH excluding ortho intramolecular Hbond substituents is 1. The smallest absolute Gasteiger partial charge is 0.339 e. The molecule has 0 aliphatic rings. The van der Waals surface area contributed by atoms with Crippen LogP contribution in [0.3, 0.4) is 0 Å². The molecule has 25 heavy (non-hydrogen) atoms. The number of carbonyl (C=O) groups excluding carboxylic acids is 3. The average molecular weight is 345 g/mol. The van der Waals surface area contributed by atoms with Gasteiger partial charge in [-0.15, -0.1) is 0 Å². The molecular formula is C18H19NO6. The second-order valence-electron chi connectivity index (χ2n) is 5.58. The largest absolute Gasteiger partial charge is 0.508 e. The van der Waals surface area contributed by atoms with Gasteiger partial charge in [0.1, 0.15) is 5.75 Å². The maximum Gasteiger partial charge on any atom is 0.339 e. The van der Waals surface area contributed by atoms with Crippen molar-refractivity contribution < 1.29 is 29.0 Å². The normalized spacial score (nSPS) is 11.7. The number of aryl methyl sites for hydroxylation is 1. The van der Waals surface area contributed by atoms with Crippen LogP contribution in [0.2, 0.25) is 0 Å². The van der Waals surface area contributed by atoms with E-state index in [0.717, 1.165) is 0 Å². The highest BCUT2D eigenvalue weighted by atomic mass is 16.5. The van der Waals surface area contributed by atoms with Gasteiger partial charge in [-0.2, -0.15) is 0 Å². The summed E-state index contributed by atoms with van der Waals surface area (Å²) < 4.78 is 9.87. The average Bonchev–Trinajstić information content (AvgIpc) is 2.87. The fourth-order valence-corrected chi connectivity index (χ4v) is 2.52. The number of ether oxygens (including phenoxy) is 2. The van der Waals surface area contributed by atoms with E-state index in [1.807, 2.05) is 0 Å². The van der Waals surface area contributed by atoms with E-state index < -0.39 is 23.8 Å². The van der Waals surface area contributed by atoms with E-state index in [1.165, 1.54) is 38.3 Å². The lowest BCUT2D eigenvalue weighted by Crippen LogP contribution is -2.25. The van der Waals surface area contributed by atoms with Gasteiger partial charge >= 0.3 is 11.9 Å². The van der Waals surface area contributed by atoms with Gasteiger partial charge in [-0.25, -0.2) is 9.59 Å². The molecule has 2 aromatic rings. The number of H-pyrrole nitrogens is 1. The van der Waals surface area contributed by atoms with Gasteiger partial charge in [0.05, 0.1) is 23.9 Å². The molecule has 1 aromatic carbocycles. The van der Waals surface area contributed by atoms with Gasteiger partial charge < -0.3 is 19.6 Å². The molecule has 7 heteroatoms. The Morgan fingerprint density at radius 2 is 1.84 bits per heavy atom. The van der Waals surface area contributed by atoms with Crippen LogP contribution in [-0.4, -0.2) is 41.0 Å². The predicted octanol–water partition coefficient (Wildman–Crippen LogP) is 2.55. The summed E-state index contributed by atoms with van der Waals surface area (Å²) in [6, 6.07) is 5.64. The Morgan fingerprint density at radius 1 is 1.16 bits per heavy atom. The number of aromatic nitrogens is 1. The summed E-state index contributed by atoms with van der Waals surface area (Å²) in [5.74, 6) is -1.82. The third-order valence-electron chi connectivity index (χ3n) is 3.81. The fraction of sp³-hybridized carbons (Fsp3) is 0.278. The van der Waals surface area contributed by atoms with Gasteiger partial charge in [0, 0.05) is 5.69 Å². The second kappa shape index (κ2) is 7.21. The number of hydrogen-bond donors (Lipinski definition) is 2. The lowest BCUT2D eigenvalue weighted by molar-refractivity contribution is 0.0316. The molecule has 2 N–H and O–H groups in total. The number of benzene rings is 1. The van der Waals surface area contributed by atoms with Gasteiger partial charge in [-0.05, 0) is 44.5 Å². The van der Waals surface area contributed by atoms with Crippen molar-refractivity contribution in [3.63, 3.8) is 0 Å². The first-order valence-electron chi connectivity index (χ1n) is 7.58. The molecule has 0 bridgehead atoms. The van der Waals surface area contributed by atoms with Crippen LogP contribution in [0.4, 0.5) is 0 Å². The molecule has 0 aliphatic carbocycles. The number of aromatic hydroxyl groups is 1. The standard InChI is InChI=1S/C18H19NO6/c1-9-14(18(23)24-4)10(2)19-15(9)16(21)11(3)25-17(22)12-6-5-7-13(20)8-12/h5-8,11,19-20H,1-4H3. The van der Waals surface area contributed by atoms with Crippen molar-refractivity contribution in [1.82, 2.24) is 4.98 Å². The maximum absolute atomic E-state index is 12.6. The minimum Gasteiger partial charge on any atom is -0.508 e. The van der Waals surface area contributed by atoms with Crippen molar-refractivity contribution in [3.05, 3.63) is 52.3 Å². The number of esters is 2. The number of nitrogens with one attached hydrogen (secondary N) is 1. The van der Waals surface area contributed by atoms with Crippen LogP contribution in [0.5, 0.6) is 5.75 Å². The zero-order valence-electron chi connectivity index (χ0n) is 14.4. The maximum atomic E-state index is 12.6. The van der Waals surface area contributed by atoms with Gasteiger partial charge in [0.25, 0.3) is 0 Å². The van der Waals surface area contributed by atoms with Crippen molar-refractivity contribution >= 4 is 17.7 Å². The van der Waals surface area contributed by atoms with Crippen LogP contribution < -0.4 is 0 Å². The zero-order valence-corrected chi connectivity index (χ0v) is 14.4. The van der Waals surface area contributed by atoms with Crippen molar-refractivity contribution in [2.24, 2.45) is 0 Å². The molecule has 0 saturated carbocycles. The minimum atomic E-state index is -1.07. The topological polar surface area (TPSA) is 106 Å². The molecule has 0 saturated heterocycles. The number of ketones is 1. The van der Waals surface area contributed by atoms with Gasteiger partial charge in [0.15, 0.2) is 6.10 Å². The van der Waals surface area contributed by atoms with E-state index in [9.17, 15) is 19.5 Å². The van der Waals surface area contributed by atoms with Crippen LogP contribution in [0.1, 0.15) is 49.4 Å². The number of hydrogen-bond acceptors (Lipinski definition) is 6. The van der Waals surface area contributed by atoms with Crippen molar-refractivity contribution in [3.8, 4) is 5.75 Å². The van der Waals surface area contributed by atoms with E-state index in [2.05, 4.69) is 4.98 Å².